The van der Waals surface area contributed by atoms with E-state index in [2.05, 4.69) is 48.5 Å². The monoisotopic (exact) mass is 676 g/mol. The molecular formula is C46H32N2O4. The van der Waals surface area contributed by atoms with Crippen molar-refractivity contribution in [2.75, 3.05) is 26.4 Å². The number of aliphatic hydroxyl groups is 1. The van der Waals surface area contributed by atoms with Crippen LogP contribution in [0.5, 0.6) is 17.2 Å². The quantitative estimate of drug-likeness (QED) is 0.145. The first-order valence-electron chi connectivity index (χ1n) is 17.1. The smallest absolute Gasteiger partial charge is 0.128 e. The summed E-state index contributed by atoms with van der Waals surface area (Å²) in [5.41, 5.74) is 4.87. The van der Waals surface area contributed by atoms with Crippen LogP contribution in [-0.2, 0) is 0 Å². The van der Waals surface area contributed by atoms with Gasteiger partial charge in [-0.25, -0.2) is 0 Å². The molecule has 8 aromatic rings. The van der Waals surface area contributed by atoms with Crippen LogP contribution in [0.4, 0.5) is 0 Å². The van der Waals surface area contributed by atoms with E-state index < -0.39 is 0 Å². The van der Waals surface area contributed by atoms with E-state index in [9.17, 15) is 15.6 Å². The van der Waals surface area contributed by atoms with Crippen molar-refractivity contribution in [2.45, 2.75) is 0 Å². The second-order valence-electron chi connectivity index (χ2n) is 12.4. The highest BCUT2D eigenvalue weighted by Crippen LogP contribution is 2.46. The number of fused-ring (bicyclic) bond motifs is 4. The summed E-state index contributed by atoms with van der Waals surface area (Å²) >= 11 is 0. The highest BCUT2D eigenvalue weighted by molar-refractivity contribution is 6.10. The predicted molar refractivity (Wildman–Crippen MR) is 207 cm³/mol. The Kier molecular flexibility index (Phi) is 8.82. The topological polar surface area (TPSA) is 95.5 Å². The van der Waals surface area contributed by atoms with Crippen LogP contribution < -0.4 is 14.2 Å². The molecule has 0 amide bonds. The van der Waals surface area contributed by atoms with Gasteiger partial charge in [0, 0.05) is 16.7 Å². The minimum absolute atomic E-state index is 0.0988. The van der Waals surface area contributed by atoms with Gasteiger partial charge in [0.15, 0.2) is 0 Å². The average Bonchev–Trinajstić information content (AvgIpc) is 3.20. The van der Waals surface area contributed by atoms with Crippen molar-refractivity contribution in [3.63, 3.8) is 0 Å². The number of ether oxygens (including phenoxy) is 3. The summed E-state index contributed by atoms with van der Waals surface area (Å²) in [6, 6.07) is 50.3. The summed E-state index contributed by atoms with van der Waals surface area (Å²) in [7, 11) is 0. The minimum atomic E-state index is -0.0988. The zero-order valence-corrected chi connectivity index (χ0v) is 28.2. The van der Waals surface area contributed by atoms with Gasteiger partial charge < -0.3 is 19.3 Å². The average molecular weight is 677 g/mol. The van der Waals surface area contributed by atoms with Crippen LogP contribution in [0.1, 0.15) is 11.1 Å². The van der Waals surface area contributed by atoms with E-state index in [1.165, 1.54) is 0 Å². The van der Waals surface area contributed by atoms with Gasteiger partial charge in [-0.15, -0.1) is 0 Å². The lowest BCUT2D eigenvalue weighted by Gasteiger charge is -2.20. The second-order valence-corrected chi connectivity index (χ2v) is 12.4. The summed E-state index contributed by atoms with van der Waals surface area (Å²) in [5.74, 6) is 2.05. The summed E-state index contributed by atoms with van der Waals surface area (Å²) < 4.78 is 19.3. The van der Waals surface area contributed by atoms with Gasteiger partial charge in [-0.1, -0.05) is 97.1 Å². The molecule has 0 atom stereocenters. The molecule has 0 aliphatic rings. The summed E-state index contributed by atoms with van der Waals surface area (Å²) in [5, 5.41) is 36.8. The Morgan fingerprint density at radius 3 is 1.46 bits per heavy atom. The maximum Gasteiger partial charge on any atom is 0.128 e. The molecule has 8 rings (SSSR count). The van der Waals surface area contributed by atoms with Crippen molar-refractivity contribution >= 4 is 43.1 Å². The van der Waals surface area contributed by atoms with E-state index in [0.717, 1.165) is 65.3 Å². The number of rotatable bonds is 10. The fraction of sp³-hybridized carbons (Fsp3) is 0.0870. The Morgan fingerprint density at radius 1 is 0.423 bits per heavy atom. The number of hydrogen-bond donors (Lipinski definition) is 1. The van der Waals surface area contributed by atoms with E-state index in [4.69, 9.17) is 14.2 Å². The second kappa shape index (κ2) is 14.2. The number of hydrogen-bond acceptors (Lipinski definition) is 6. The lowest BCUT2D eigenvalue weighted by atomic mass is 9.92. The molecule has 0 bridgehead atoms. The molecule has 0 unspecified atom stereocenters. The van der Waals surface area contributed by atoms with Crippen LogP contribution >= 0.6 is 0 Å². The molecule has 0 fully saturated rings. The molecule has 0 saturated heterocycles. The molecule has 6 heteroatoms. The van der Waals surface area contributed by atoms with Crippen LogP contribution in [0.3, 0.4) is 0 Å². The van der Waals surface area contributed by atoms with E-state index in [-0.39, 0.29) is 26.4 Å². The molecule has 250 valence electrons. The van der Waals surface area contributed by atoms with Gasteiger partial charge in [-0.05, 0) is 91.1 Å². The molecule has 1 N–H and O–H groups in total. The molecule has 52 heavy (non-hydrogen) atoms. The highest BCUT2D eigenvalue weighted by Gasteiger charge is 2.20. The molecule has 0 radical (unpaired) electrons. The first kappa shape index (κ1) is 32.4. The van der Waals surface area contributed by atoms with E-state index in [1.807, 2.05) is 103 Å². The highest BCUT2D eigenvalue weighted by atomic mass is 16.5. The Bertz CT molecular complexity index is 2720. The largest absolute Gasteiger partial charge is 0.491 e. The van der Waals surface area contributed by atoms with Gasteiger partial charge in [-0.3, -0.25) is 0 Å². The standard InChI is InChI=1S/C46H32N2O4/c47-28-30-12-17-36-34(26-30)8-5-11-40(36)44-39-18-13-31(29-48)27-35(39)16-21-41(44)51-24-25-52-43-20-15-33-7-2-4-10-38(33)46(43)45-37-9-3-1-6-32(37)14-19-42(45)50-23-22-49/h1-21,26-27,49H,22-25H2. The van der Waals surface area contributed by atoms with E-state index in [1.54, 1.807) is 0 Å². The Balaban J connectivity index is 1.17. The molecule has 8 aromatic carbocycles. The number of benzene rings is 8. The minimum Gasteiger partial charge on any atom is -0.491 e. The van der Waals surface area contributed by atoms with Crippen LogP contribution in [0.2, 0.25) is 0 Å². The SMILES string of the molecule is N#Cc1ccc2c(-c3c(OCCOc4ccc5ccccc5c4-c4c(OCCO)ccc5ccccc45)ccc4cc(C#N)ccc34)cccc2c1. The Morgan fingerprint density at radius 2 is 0.885 bits per heavy atom. The fourth-order valence-corrected chi connectivity index (χ4v) is 7.07. The molecular weight excluding hydrogens is 645 g/mol. The van der Waals surface area contributed by atoms with Crippen LogP contribution in [-0.4, -0.2) is 31.5 Å². The van der Waals surface area contributed by atoms with Crippen molar-refractivity contribution in [2.24, 2.45) is 0 Å². The van der Waals surface area contributed by atoms with Crippen molar-refractivity contribution in [3.8, 4) is 51.6 Å². The summed E-state index contributed by atoms with van der Waals surface area (Å²) in [6.07, 6.45) is 0. The number of aliphatic hydroxyl groups excluding tert-OH is 1. The Labute approximate surface area is 300 Å². The molecule has 0 aliphatic carbocycles. The van der Waals surface area contributed by atoms with Crippen LogP contribution in [0.25, 0.3) is 65.3 Å². The lowest BCUT2D eigenvalue weighted by molar-refractivity contribution is 0.202. The number of nitriles is 2. The van der Waals surface area contributed by atoms with Gasteiger partial charge in [0.2, 0.25) is 0 Å². The zero-order chi connectivity index (χ0) is 35.4. The maximum atomic E-state index is 9.63. The number of nitrogens with zero attached hydrogens (tertiary/aromatic N) is 2. The first-order chi connectivity index (χ1) is 25.7. The van der Waals surface area contributed by atoms with Crippen molar-refractivity contribution in [1.29, 1.82) is 10.5 Å². The zero-order valence-electron chi connectivity index (χ0n) is 28.2. The molecule has 0 aliphatic heterocycles. The third-order valence-electron chi connectivity index (χ3n) is 9.37. The van der Waals surface area contributed by atoms with Gasteiger partial charge in [0.25, 0.3) is 0 Å². The molecule has 0 aromatic heterocycles. The third kappa shape index (κ3) is 5.98. The molecule has 0 heterocycles. The van der Waals surface area contributed by atoms with Crippen molar-refractivity contribution in [3.05, 3.63) is 151 Å². The van der Waals surface area contributed by atoms with Crippen molar-refractivity contribution in [1.82, 2.24) is 0 Å². The molecule has 0 spiro atoms. The van der Waals surface area contributed by atoms with E-state index >= 15 is 0 Å². The Hall–Kier alpha value is -6.86. The molecule has 6 nitrogen and oxygen atoms in total. The maximum absolute atomic E-state index is 9.63. The van der Waals surface area contributed by atoms with Crippen LogP contribution in [0.15, 0.2) is 140 Å². The normalized spacial score (nSPS) is 11.1. The van der Waals surface area contributed by atoms with Gasteiger partial charge in [-0.2, -0.15) is 10.5 Å². The van der Waals surface area contributed by atoms with Gasteiger partial charge in [0.1, 0.15) is 37.1 Å². The third-order valence-corrected chi connectivity index (χ3v) is 9.37. The lowest BCUT2D eigenvalue weighted by Crippen LogP contribution is -2.10. The first-order valence-corrected chi connectivity index (χ1v) is 17.1. The van der Waals surface area contributed by atoms with Gasteiger partial charge in [0.05, 0.1) is 29.9 Å². The van der Waals surface area contributed by atoms with Gasteiger partial charge >= 0.3 is 0 Å². The molecule has 0 saturated carbocycles. The summed E-state index contributed by atoms with van der Waals surface area (Å²) in [4.78, 5) is 0. The van der Waals surface area contributed by atoms with E-state index in [0.29, 0.717) is 28.4 Å². The predicted octanol–water partition coefficient (Wildman–Crippen LogP) is 10.2. The fourth-order valence-electron chi connectivity index (χ4n) is 7.07. The van der Waals surface area contributed by atoms with Crippen molar-refractivity contribution < 1.29 is 19.3 Å². The summed E-state index contributed by atoms with van der Waals surface area (Å²) in [6.45, 7) is 0.587. The van der Waals surface area contributed by atoms with Crippen LogP contribution in [0, 0.1) is 22.7 Å².